The minimum Gasteiger partial charge on any atom is -0.453 e. The van der Waals surface area contributed by atoms with Gasteiger partial charge in [-0.05, 0) is 36.8 Å². The fraction of sp³-hybridized carbons (Fsp3) is 0.579. The van der Waals surface area contributed by atoms with Gasteiger partial charge < -0.3 is 10.1 Å². The topological polar surface area (TPSA) is 61.9 Å². The Labute approximate surface area is 149 Å². The van der Waals surface area contributed by atoms with Gasteiger partial charge in [-0.1, -0.05) is 24.3 Å². The standard InChI is InChI=1S/C19H27N3O3/c1-25-19(24)22-11-5-4-8-17(22)18(23)20-10-13-21-12-9-15-6-2-3-7-16(15)14-21/h2-3,6-7,17H,4-5,8-14H2,1H3,(H,20,23). The van der Waals surface area contributed by atoms with Gasteiger partial charge in [-0.25, -0.2) is 4.79 Å². The summed E-state index contributed by atoms with van der Waals surface area (Å²) in [7, 11) is 1.36. The number of carbonyl (C=O) groups is 2. The number of fused-ring (bicyclic) bond motifs is 1. The second-order valence-corrected chi connectivity index (χ2v) is 6.76. The van der Waals surface area contributed by atoms with Crippen LogP contribution in [0.1, 0.15) is 30.4 Å². The molecule has 1 fully saturated rings. The van der Waals surface area contributed by atoms with Gasteiger partial charge in [0.05, 0.1) is 7.11 Å². The molecule has 0 saturated carbocycles. The van der Waals surface area contributed by atoms with Crippen LogP contribution in [-0.4, -0.2) is 61.1 Å². The molecule has 2 aliphatic heterocycles. The van der Waals surface area contributed by atoms with Crippen molar-refractivity contribution in [3.63, 3.8) is 0 Å². The number of piperidine rings is 1. The zero-order chi connectivity index (χ0) is 17.6. The summed E-state index contributed by atoms with van der Waals surface area (Å²) in [5.74, 6) is -0.0671. The van der Waals surface area contributed by atoms with E-state index in [0.717, 1.165) is 38.9 Å². The Hall–Kier alpha value is -2.08. The lowest BCUT2D eigenvalue weighted by molar-refractivity contribution is -0.127. The van der Waals surface area contributed by atoms with Gasteiger partial charge in [0.15, 0.2) is 0 Å². The van der Waals surface area contributed by atoms with E-state index < -0.39 is 12.1 Å². The average Bonchev–Trinajstić information content (AvgIpc) is 2.67. The number of carbonyl (C=O) groups excluding carboxylic acids is 2. The van der Waals surface area contributed by atoms with Crippen LogP contribution in [0.4, 0.5) is 4.79 Å². The van der Waals surface area contributed by atoms with Gasteiger partial charge in [0.2, 0.25) is 5.91 Å². The summed E-state index contributed by atoms with van der Waals surface area (Å²) in [5, 5.41) is 3.00. The van der Waals surface area contributed by atoms with Gasteiger partial charge in [0, 0.05) is 32.7 Å². The maximum Gasteiger partial charge on any atom is 0.410 e. The van der Waals surface area contributed by atoms with Gasteiger partial charge in [0.25, 0.3) is 0 Å². The van der Waals surface area contributed by atoms with Crippen LogP contribution in [0.2, 0.25) is 0 Å². The maximum absolute atomic E-state index is 12.5. The van der Waals surface area contributed by atoms with Crippen LogP contribution >= 0.6 is 0 Å². The summed E-state index contributed by atoms with van der Waals surface area (Å²) in [4.78, 5) is 28.2. The van der Waals surface area contributed by atoms with Crippen molar-refractivity contribution in [2.75, 3.05) is 33.3 Å². The predicted molar refractivity (Wildman–Crippen MR) is 95.2 cm³/mol. The monoisotopic (exact) mass is 345 g/mol. The molecule has 2 heterocycles. The molecule has 6 heteroatoms. The third-order valence-corrected chi connectivity index (χ3v) is 5.15. The molecule has 2 aliphatic rings. The molecule has 1 aromatic rings. The smallest absolute Gasteiger partial charge is 0.410 e. The molecule has 0 spiro atoms. The maximum atomic E-state index is 12.5. The Balaban J connectivity index is 1.47. The van der Waals surface area contributed by atoms with E-state index in [-0.39, 0.29) is 5.91 Å². The van der Waals surface area contributed by atoms with E-state index in [1.54, 1.807) is 4.90 Å². The minimum absolute atomic E-state index is 0.0671. The van der Waals surface area contributed by atoms with E-state index in [9.17, 15) is 9.59 Å². The van der Waals surface area contributed by atoms with Crippen molar-refractivity contribution in [1.82, 2.24) is 15.1 Å². The third-order valence-electron chi connectivity index (χ3n) is 5.15. The van der Waals surface area contributed by atoms with Crippen molar-refractivity contribution in [3.05, 3.63) is 35.4 Å². The highest BCUT2D eigenvalue weighted by atomic mass is 16.5. The van der Waals surface area contributed by atoms with E-state index in [0.29, 0.717) is 19.5 Å². The summed E-state index contributed by atoms with van der Waals surface area (Å²) in [6.07, 6.45) is 3.24. The number of likely N-dealkylation sites (tertiary alicyclic amines) is 1. The Morgan fingerprint density at radius 2 is 2.00 bits per heavy atom. The molecule has 1 atom stereocenters. The number of methoxy groups -OCH3 is 1. The molecule has 1 aromatic carbocycles. The van der Waals surface area contributed by atoms with Crippen LogP contribution in [-0.2, 0) is 22.5 Å². The molecule has 0 aromatic heterocycles. The fourth-order valence-corrected chi connectivity index (χ4v) is 3.74. The zero-order valence-corrected chi connectivity index (χ0v) is 14.9. The molecule has 6 nitrogen and oxygen atoms in total. The van der Waals surface area contributed by atoms with Crippen molar-refractivity contribution in [2.45, 2.75) is 38.3 Å². The van der Waals surface area contributed by atoms with Crippen molar-refractivity contribution in [1.29, 1.82) is 0 Å². The number of ether oxygens (including phenoxy) is 1. The largest absolute Gasteiger partial charge is 0.453 e. The van der Waals surface area contributed by atoms with Crippen LogP contribution in [0.25, 0.3) is 0 Å². The quantitative estimate of drug-likeness (QED) is 0.904. The highest BCUT2D eigenvalue weighted by Gasteiger charge is 2.32. The Kier molecular flexibility index (Phi) is 5.91. The number of amides is 2. The number of benzene rings is 1. The molecule has 2 amide bonds. The molecule has 1 unspecified atom stereocenters. The Bertz CT molecular complexity index is 620. The first kappa shape index (κ1) is 17.7. The number of hydrogen-bond donors (Lipinski definition) is 1. The first-order chi connectivity index (χ1) is 12.2. The van der Waals surface area contributed by atoms with Crippen molar-refractivity contribution >= 4 is 12.0 Å². The summed E-state index contributed by atoms with van der Waals surface area (Å²) in [6, 6.07) is 8.14. The predicted octanol–water partition coefficient (Wildman–Crippen LogP) is 1.78. The van der Waals surface area contributed by atoms with Gasteiger partial charge in [-0.15, -0.1) is 0 Å². The van der Waals surface area contributed by atoms with Gasteiger partial charge in [-0.3, -0.25) is 14.6 Å². The van der Waals surface area contributed by atoms with Crippen LogP contribution in [0.3, 0.4) is 0 Å². The first-order valence-corrected chi connectivity index (χ1v) is 9.10. The van der Waals surface area contributed by atoms with Crippen LogP contribution in [0.15, 0.2) is 24.3 Å². The highest BCUT2D eigenvalue weighted by molar-refractivity contribution is 5.85. The minimum atomic E-state index is -0.410. The molecular weight excluding hydrogens is 318 g/mol. The lowest BCUT2D eigenvalue weighted by Gasteiger charge is -2.34. The molecular formula is C19H27N3O3. The Morgan fingerprint density at radius 1 is 1.20 bits per heavy atom. The normalized spacial score (nSPS) is 20.7. The molecule has 0 bridgehead atoms. The molecule has 136 valence electrons. The third kappa shape index (κ3) is 4.31. The molecule has 1 saturated heterocycles. The van der Waals surface area contributed by atoms with Gasteiger partial charge in [0.1, 0.15) is 6.04 Å². The summed E-state index contributed by atoms with van der Waals surface area (Å²) >= 11 is 0. The second kappa shape index (κ2) is 8.34. The van der Waals surface area contributed by atoms with E-state index in [2.05, 4.69) is 34.5 Å². The van der Waals surface area contributed by atoms with Crippen LogP contribution in [0, 0.1) is 0 Å². The average molecular weight is 345 g/mol. The van der Waals surface area contributed by atoms with Crippen LogP contribution in [0.5, 0.6) is 0 Å². The number of hydrogen-bond acceptors (Lipinski definition) is 4. The number of rotatable bonds is 4. The van der Waals surface area contributed by atoms with E-state index >= 15 is 0 Å². The number of nitrogens with zero attached hydrogens (tertiary/aromatic N) is 2. The van der Waals surface area contributed by atoms with Crippen molar-refractivity contribution in [2.24, 2.45) is 0 Å². The van der Waals surface area contributed by atoms with Crippen molar-refractivity contribution in [3.8, 4) is 0 Å². The van der Waals surface area contributed by atoms with Gasteiger partial charge in [-0.2, -0.15) is 0 Å². The lowest BCUT2D eigenvalue weighted by atomic mass is 10.00. The summed E-state index contributed by atoms with van der Waals surface area (Å²) in [6.45, 7) is 3.97. The molecule has 3 rings (SSSR count). The number of nitrogens with one attached hydrogen (secondary N) is 1. The zero-order valence-electron chi connectivity index (χ0n) is 14.9. The highest BCUT2D eigenvalue weighted by Crippen LogP contribution is 2.19. The van der Waals surface area contributed by atoms with Gasteiger partial charge >= 0.3 is 6.09 Å². The first-order valence-electron chi connectivity index (χ1n) is 9.10. The van der Waals surface area contributed by atoms with Crippen LogP contribution < -0.4 is 5.32 Å². The summed E-state index contributed by atoms with van der Waals surface area (Å²) < 4.78 is 4.80. The molecule has 1 N–H and O–H groups in total. The Morgan fingerprint density at radius 3 is 2.80 bits per heavy atom. The fourth-order valence-electron chi connectivity index (χ4n) is 3.74. The molecule has 0 radical (unpaired) electrons. The molecule has 0 aliphatic carbocycles. The second-order valence-electron chi connectivity index (χ2n) is 6.76. The van der Waals surface area contributed by atoms with Crippen molar-refractivity contribution < 1.29 is 14.3 Å². The van der Waals surface area contributed by atoms with E-state index in [1.807, 2.05) is 0 Å². The SMILES string of the molecule is COC(=O)N1CCCCC1C(=O)NCCN1CCc2ccccc2C1. The van der Waals surface area contributed by atoms with E-state index in [4.69, 9.17) is 4.74 Å². The van der Waals surface area contributed by atoms with E-state index in [1.165, 1.54) is 18.2 Å². The summed E-state index contributed by atoms with van der Waals surface area (Å²) in [5.41, 5.74) is 2.81. The molecule has 25 heavy (non-hydrogen) atoms. The lowest BCUT2D eigenvalue weighted by Crippen LogP contribution is -2.52.